The van der Waals surface area contributed by atoms with Crippen LogP contribution in [0.4, 0.5) is 4.39 Å². The van der Waals surface area contributed by atoms with E-state index in [0.29, 0.717) is 12.1 Å². The third-order valence-corrected chi connectivity index (χ3v) is 2.90. The average molecular weight is 254 g/mol. The maximum absolute atomic E-state index is 14.1. The van der Waals surface area contributed by atoms with Crippen LogP contribution in [0.25, 0.3) is 0 Å². The van der Waals surface area contributed by atoms with E-state index in [9.17, 15) is 4.39 Å². The van der Waals surface area contributed by atoms with Crippen LogP contribution in [0, 0.1) is 5.82 Å². The fourth-order valence-corrected chi connectivity index (χ4v) is 1.40. The summed E-state index contributed by atoms with van der Waals surface area (Å²) < 4.78 is 19.8. The molecule has 1 aromatic rings. The van der Waals surface area contributed by atoms with Crippen molar-refractivity contribution in [3.63, 3.8) is 0 Å². The molecule has 0 spiro atoms. The Balaban J connectivity index is 2.78. The number of ether oxygens (including phenoxy) is 1. The second-order valence-corrected chi connectivity index (χ2v) is 4.98. The summed E-state index contributed by atoms with van der Waals surface area (Å²) in [4.78, 5) is 3.98. The third kappa shape index (κ3) is 4.26. The van der Waals surface area contributed by atoms with Crippen molar-refractivity contribution < 1.29 is 9.13 Å². The first-order valence-corrected chi connectivity index (χ1v) is 6.53. The Morgan fingerprint density at radius 3 is 2.72 bits per heavy atom. The SMILES string of the molecule is CCCNCc1ccnc(OC(C)(C)CC)c1F. The van der Waals surface area contributed by atoms with Crippen LogP contribution in [0.5, 0.6) is 5.88 Å². The molecule has 3 nitrogen and oxygen atoms in total. The van der Waals surface area contributed by atoms with Crippen molar-refractivity contribution >= 4 is 0 Å². The minimum Gasteiger partial charge on any atom is -0.470 e. The van der Waals surface area contributed by atoms with Gasteiger partial charge in [0.15, 0.2) is 5.82 Å². The van der Waals surface area contributed by atoms with Crippen LogP contribution < -0.4 is 10.1 Å². The highest BCUT2D eigenvalue weighted by Crippen LogP contribution is 2.23. The molecule has 0 aliphatic carbocycles. The molecular weight excluding hydrogens is 231 g/mol. The van der Waals surface area contributed by atoms with Gasteiger partial charge in [0.1, 0.15) is 5.60 Å². The van der Waals surface area contributed by atoms with Crippen LogP contribution in [0.1, 0.15) is 46.1 Å². The fraction of sp³-hybridized carbons (Fsp3) is 0.643. The number of rotatable bonds is 7. The highest BCUT2D eigenvalue weighted by Gasteiger charge is 2.21. The van der Waals surface area contributed by atoms with Crippen LogP contribution >= 0.6 is 0 Å². The smallest absolute Gasteiger partial charge is 0.251 e. The predicted octanol–water partition coefficient (Wildman–Crippen LogP) is 3.29. The van der Waals surface area contributed by atoms with Gasteiger partial charge in [-0.3, -0.25) is 0 Å². The topological polar surface area (TPSA) is 34.2 Å². The molecule has 0 atom stereocenters. The van der Waals surface area contributed by atoms with E-state index in [1.165, 1.54) is 0 Å². The zero-order chi connectivity index (χ0) is 13.6. The Hall–Kier alpha value is -1.16. The Morgan fingerprint density at radius 2 is 2.11 bits per heavy atom. The lowest BCUT2D eigenvalue weighted by Gasteiger charge is -2.24. The number of halogens is 1. The molecule has 4 heteroatoms. The van der Waals surface area contributed by atoms with E-state index in [1.54, 1.807) is 12.3 Å². The molecule has 0 aromatic carbocycles. The minimum absolute atomic E-state index is 0.0950. The van der Waals surface area contributed by atoms with Crippen molar-refractivity contribution in [3.8, 4) is 5.88 Å². The third-order valence-electron chi connectivity index (χ3n) is 2.90. The summed E-state index contributed by atoms with van der Waals surface area (Å²) in [7, 11) is 0. The quantitative estimate of drug-likeness (QED) is 0.758. The summed E-state index contributed by atoms with van der Waals surface area (Å²) in [6, 6.07) is 1.68. The number of nitrogens with one attached hydrogen (secondary N) is 1. The summed E-state index contributed by atoms with van der Waals surface area (Å²) in [6.07, 6.45) is 3.42. The zero-order valence-electron chi connectivity index (χ0n) is 11.7. The molecule has 1 heterocycles. The minimum atomic E-state index is -0.399. The summed E-state index contributed by atoms with van der Waals surface area (Å²) in [5.41, 5.74) is 0.198. The molecular formula is C14H23FN2O. The van der Waals surface area contributed by atoms with Gasteiger partial charge in [0.25, 0.3) is 5.88 Å². The molecule has 0 saturated heterocycles. The van der Waals surface area contributed by atoms with Gasteiger partial charge >= 0.3 is 0 Å². The highest BCUT2D eigenvalue weighted by molar-refractivity contribution is 5.24. The zero-order valence-corrected chi connectivity index (χ0v) is 11.7. The van der Waals surface area contributed by atoms with Gasteiger partial charge in [-0.1, -0.05) is 13.8 Å². The maximum Gasteiger partial charge on any atom is 0.251 e. The summed E-state index contributed by atoms with van der Waals surface area (Å²) in [6.45, 7) is 9.31. The van der Waals surface area contributed by atoms with Gasteiger partial charge in [-0.2, -0.15) is 0 Å². The predicted molar refractivity (Wildman–Crippen MR) is 71.2 cm³/mol. The number of pyridine rings is 1. The lowest BCUT2D eigenvalue weighted by molar-refractivity contribution is 0.0926. The Labute approximate surface area is 109 Å². The molecule has 0 aliphatic rings. The van der Waals surface area contributed by atoms with Crippen molar-refractivity contribution in [2.24, 2.45) is 0 Å². The molecule has 0 bridgehead atoms. The lowest BCUT2D eigenvalue weighted by atomic mass is 10.1. The molecule has 0 unspecified atom stereocenters. The second kappa shape index (κ2) is 6.69. The normalized spacial score (nSPS) is 11.6. The van der Waals surface area contributed by atoms with Gasteiger partial charge in [0, 0.05) is 18.3 Å². The number of aromatic nitrogens is 1. The van der Waals surface area contributed by atoms with Crippen molar-refractivity contribution in [2.75, 3.05) is 6.54 Å². The van der Waals surface area contributed by atoms with E-state index in [1.807, 2.05) is 20.8 Å². The molecule has 102 valence electrons. The standard InChI is InChI=1S/C14H23FN2O/c1-5-8-16-10-11-7-9-17-13(12(11)15)18-14(3,4)6-2/h7,9,16H,5-6,8,10H2,1-4H3. The van der Waals surface area contributed by atoms with E-state index in [0.717, 1.165) is 19.4 Å². The lowest BCUT2D eigenvalue weighted by Crippen LogP contribution is -2.28. The van der Waals surface area contributed by atoms with E-state index >= 15 is 0 Å². The average Bonchev–Trinajstić information content (AvgIpc) is 2.34. The van der Waals surface area contributed by atoms with Crippen LogP contribution in [0.3, 0.4) is 0 Å². The first-order valence-electron chi connectivity index (χ1n) is 6.53. The largest absolute Gasteiger partial charge is 0.470 e. The molecule has 0 fully saturated rings. The van der Waals surface area contributed by atoms with Gasteiger partial charge in [0.05, 0.1) is 0 Å². The van der Waals surface area contributed by atoms with E-state index in [-0.39, 0.29) is 11.7 Å². The van der Waals surface area contributed by atoms with Crippen LogP contribution in [0.15, 0.2) is 12.3 Å². The molecule has 1 aromatic heterocycles. The summed E-state index contributed by atoms with van der Waals surface area (Å²) in [5, 5.41) is 3.17. The monoisotopic (exact) mass is 254 g/mol. The molecule has 0 amide bonds. The molecule has 0 saturated carbocycles. The van der Waals surface area contributed by atoms with Gasteiger partial charge in [0.2, 0.25) is 0 Å². The van der Waals surface area contributed by atoms with E-state index in [4.69, 9.17) is 4.74 Å². The number of nitrogens with zero attached hydrogens (tertiary/aromatic N) is 1. The van der Waals surface area contributed by atoms with Crippen LogP contribution in [0.2, 0.25) is 0 Å². The fourth-order valence-electron chi connectivity index (χ4n) is 1.40. The summed E-state index contributed by atoms with van der Waals surface area (Å²) >= 11 is 0. The molecule has 18 heavy (non-hydrogen) atoms. The molecule has 0 aliphatic heterocycles. The van der Waals surface area contributed by atoms with Crippen molar-refractivity contribution in [1.29, 1.82) is 0 Å². The highest BCUT2D eigenvalue weighted by atomic mass is 19.1. The Kier molecular flexibility index (Phi) is 5.54. The van der Waals surface area contributed by atoms with Gasteiger partial charge in [-0.25, -0.2) is 9.37 Å². The summed E-state index contributed by atoms with van der Waals surface area (Å²) in [5.74, 6) is -0.264. The van der Waals surface area contributed by atoms with Crippen LogP contribution in [-0.4, -0.2) is 17.1 Å². The van der Waals surface area contributed by atoms with Gasteiger partial charge in [-0.05, 0) is 39.3 Å². The number of hydrogen-bond acceptors (Lipinski definition) is 3. The van der Waals surface area contributed by atoms with E-state index < -0.39 is 5.60 Å². The van der Waals surface area contributed by atoms with Gasteiger partial charge < -0.3 is 10.1 Å². The maximum atomic E-state index is 14.1. The molecule has 1 N–H and O–H groups in total. The van der Waals surface area contributed by atoms with Crippen molar-refractivity contribution in [3.05, 3.63) is 23.6 Å². The molecule has 1 rings (SSSR count). The van der Waals surface area contributed by atoms with Gasteiger partial charge in [-0.15, -0.1) is 0 Å². The van der Waals surface area contributed by atoms with E-state index in [2.05, 4.69) is 17.2 Å². The Morgan fingerprint density at radius 1 is 1.39 bits per heavy atom. The molecule has 0 radical (unpaired) electrons. The van der Waals surface area contributed by atoms with Crippen molar-refractivity contribution in [1.82, 2.24) is 10.3 Å². The Bertz CT molecular complexity index is 380. The first kappa shape index (κ1) is 14.9. The first-order chi connectivity index (χ1) is 8.50. The van der Waals surface area contributed by atoms with Crippen molar-refractivity contribution in [2.45, 2.75) is 52.7 Å². The van der Waals surface area contributed by atoms with Crippen LogP contribution in [-0.2, 0) is 6.54 Å². The number of hydrogen-bond donors (Lipinski definition) is 1. The second-order valence-electron chi connectivity index (χ2n) is 4.98.